The van der Waals surface area contributed by atoms with Gasteiger partial charge in [0, 0.05) is 11.9 Å². The van der Waals surface area contributed by atoms with Crippen LogP contribution in [0.5, 0.6) is 0 Å². The Balaban J connectivity index is 1.92. The van der Waals surface area contributed by atoms with E-state index in [0.29, 0.717) is 11.4 Å². The largest absolute Gasteiger partial charge is 0.241 e. The number of nitriles is 1. The molecule has 7 heteroatoms. The third-order valence-electron chi connectivity index (χ3n) is 3.74. The van der Waals surface area contributed by atoms with Crippen LogP contribution in [0.15, 0.2) is 41.4 Å². The van der Waals surface area contributed by atoms with Crippen LogP contribution in [0.2, 0.25) is 0 Å². The molecule has 1 aliphatic carbocycles. The van der Waals surface area contributed by atoms with Crippen molar-refractivity contribution in [1.29, 1.82) is 5.26 Å². The minimum atomic E-state index is -3.74. The highest BCUT2D eigenvalue weighted by Crippen LogP contribution is 2.40. The number of aromatic nitrogens is 2. The fourth-order valence-corrected chi connectivity index (χ4v) is 3.68. The molecule has 3 rings (SSSR count). The number of aryl methyl sites for hydroxylation is 1. The van der Waals surface area contributed by atoms with Gasteiger partial charge >= 0.3 is 0 Å². The van der Waals surface area contributed by atoms with Crippen molar-refractivity contribution >= 4 is 10.0 Å². The summed E-state index contributed by atoms with van der Waals surface area (Å²) in [5.74, 6) is 0.707. The molecule has 118 valence electrons. The van der Waals surface area contributed by atoms with Crippen molar-refractivity contribution < 1.29 is 8.42 Å². The smallest absolute Gasteiger partial charge is 0.240 e. The van der Waals surface area contributed by atoms with Gasteiger partial charge in [-0.2, -0.15) is 5.26 Å². The maximum absolute atomic E-state index is 12.6. The topological polar surface area (TPSA) is 95.7 Å². The summed E-state index contributed by atoms with van der Waals surface area (Å²) in [6.45, 7) is 1.85. The van der Waals surface area contributed by atoms with Gasteiger partial charge in [-0.15, -0.1) is 0 Å². The highest BCUT2D eigenvalue weighted by Gasteiger charge is 2.37. The molecule has 6 nitrogen and oxygen atoms in total. The second-order valence-electron chi connectivity index (χ2n) is 5.63. The van der Waals surface area contributed by atoms with E-state index in [9.17, 15) is 8.42 Å². The van der Waals surface area contributed by atoms with Gasteiger partial charge in [0.25, 0.3) is 0 Å². The summed E-state index contributed by atoms with van der Waals surface area (Å²) < 4.78 is 28.0. The van der Waals surface area contributed by atoms with Gasteiger partial charge in [0.05, 0.1) is 22.6 Å². The molecule has 1 heterocycles. The van der Waals surface area contributed by atoms with E-state index in [4.69, 9.17) is 5.26 Å². The summed E-state index contributed by atoms with van der Waals surface area (Å²) in [6.07, 6.45) is 3.53. The van der Waals surface area contributed by atoms with E-state index in [2.05, 4.69) is 14.7 Å². The van der Waals surface area contributed by atoms with Gasteiger partial charge in [-0.3, -0.25) is 0 Å². The molecule has 0 bridgehead atoms. The number of sulfonamides is 1. The first-order valence-electron chi connectivity index (χ1n) is 7.31. The summed E-state index contributed by atoms with van der Waals surface area (Å²) in [5.41, 5.74) is 1.11. The Kier molecular flexibility index (Phi) is 4.11. The van der Waals surface area contributed by atoms with Crippen LogP contribution in [0, 0.1) is 24.2 Å². The number of nitrogens with zero attached hydrogens (tertiary/aromatic N) is 3. The number of benzene rings is 1. The quantitative estimate of drug-likeness (QED) is 0.906. The van der Waals surface area contributed by atoms with Crippen LogP contribution in [0.1, 0.15) is 36.0 Å². The zero-order valence-electron chi connectivity index (χ0n) is 12.6. The van der Waals surface area contributed by atoms with Crippen LogP contribution in [-0.4, -0.2) is 18.4 Å². The van der Waals surface area contributed by atoms with E-state index >= 15 is 0 Å². The standard InChI is InChI=1S/C16H16N4O2S/c1-11-7-8-18-16(19-11)15(13-5-6-13)20-23(21,22)14-4-2-3-12(9-14)10-17/h2-4,7-9,13,15,20H,5-6H2,1H3/t15-/m1/s1. The molecule has 1 saturated carbocycles. The van der Waals surface area contributed by atoms with E-state index < -0.39 is 16.1 Å². The molecular formula is C16H16N4O2S. The number of hydrogen-bond acceptors (Lipinski definition) is 5. The second kappa shape index (κ2) is 6.07. The average Bonchev–Trinajstić information content (AvgIpc) is 3.37. The second-order valence-corrected chi connectivity index (χ2v) is 7.35. The molecule has 2 aromatic rings. The molecule has 0 radical (unpaired) electrons. The normalized spacial score (nSPS) is 15.8. The van der Waals surface area contributed by atoms with E-state index in [0.717, 1.165) is 18.5 Å². The summed E-state index contributed by atoms with van der Waals surface area (Å²) >= 11 is 0. The molecule has 1 atom stereocenters. The molecule has 1 aromatic heterocycles. The molecule has 1 aliphatic rings. The number of nitrogens with one attached hydrogen (secondary N) is 1. The van der Waals surface area contributed by atoms with Gasteiger partial charge in [-0.1, -0.05) is 6.07 Å². The van der Waals surface area contributed by atoms with Gasteiger partial charge < -0.3 is 0 Å². The van der Waals surface area contributed by atoms with Gasteiger partial charge in [0.1, 0.15) is 5.82 Å². The highest BCUT2D eigenvalue weighted by molar-refractivity contribution is 7.89. The van der Waals surface area contributed by atoms with Crippen LogP contribution in [-0.2, 0) is 10.0 Å². The van der Waals surface area contributed by atoms with E-state index in [1.54, 1.807) is 24.4 Å². The molecular weight excluding hydrogens is 312 g/mol. The monoisotopic (exact) mass is 328 g/mol. The minimum Gasteiger partial charge on any atom is -0.240 e. The van der Waals surface area contributed by atoms with Gasteiger partial charge in [0.15, 0.2) is 0 Å². The van der Waals surface area contributed by atoms with Crippen LogP contribution < -0.4 is 4.72 Å². The predicted molar refractivity (Wildman–Crippen MR) is 83.7 cm³/mol. The highest BCUT2D eigenvalue weighted by atomic mass is 32.2. The zero-order valence-corrected chi connectivity index (χ0v) is 13.4. The lowest BCUT2D eigenvalue weighted by Crippen LogP contribution is -2.31. The summed E-state index contributed by atoms with van der Waals surface area (Å²) in [4.78, 5) is 8.66. The Hall–Kier alpha value is -2.30. The molecule has 0 amide bonds. The van der Waals surface area contributed by atoms with Crippen molar-refractivity contribution in [2.45, 2.75) is 30.7 Å². The Morgan fingerprint density at radius 1 is 1.35 bits per heavy atom. The Bertz CT molecular complexity index is 870. The van der Waals surface area contributed by atoms with Gasteiger partial charge in [-0.25, -0.2) is 23.1 Å². The maximum Gasteiger partial charge on any atom is 0.241 e. The van der Waals surface area contributed by atoms with Crippen molar-refractivity contribution in [3.63, 3.8) is 0 Å². The summed E-state index contributed by atoms with van der Waals surface area (Å²) in [7, 11) is -3.74. The first-order valence-corrected chi connectivity index (χ1v) is 8.80. The fraction of sp³-hybridized carbons (Fsp3) is 0.312. The molecule has 0 spiro atoms. The lowest BCUT2D eigenvalue weighted by atomic mass is 10.2. The van der Waals surface area contributed by atoms with E-state index in [1.807, 2.05) is 13.0 Å². The third-order valence-corrected chi connectivity index (χ3v) is 5.18. The van der Waals surface area contributed by atoms with Gasteiger partial charge in [-0.05, 0) is 49.9 Å². The molecule has 0 unspecified atom stereocenters. The zero-order chi connectivity index (χ0) is 16.4. The van der Waals surface area contributed by atoms with E-state index in [-0.39, 0.29) is 10.8 Å². The van der Waals surface area contributed by atoms with Crippen molar-refractivity contribution in [3.05, 3.63) is 53.6 Å². The molecule has 0 aliphatic heterocycles. The van der Waals surface area contributed by atoms with Crippen molar-refractivity contribution in [2.75, 3.05) is 0 Å². The van der Waals surface area contributed by atoms with Crippen LogP contribution in [0.4, 0.5) is 0 Å². The Labute approximate surface area is 135 Å². The molecule has 1 aromatic carbocycles. The SMILES string of the molecule is Cc1ccnc([C@H](NS(=O)(=O)c2cccc(C#N)c2)C2CC2)n1. The van der Waals surface area contributed by atoms with Crippen molar-refractivity contribution in [1.82, 2.24) is 14.7 Å². The van der Waals surface area contributed by atoms with Crippen molar-refractivity contribution in [3.8, 4) is 6.07 Å². The Morgan fingerprint density at radius 3 is 2.78 bits per heavy atom. The summed E-state index contributed by atoms with van der Waals surface area (Å²) in [6, 6.07) is 9.26. The first-order chi connectivity index (χ1) is 11.0. The average molecular weight is 328 g/mol. The Morgan fingerprint density at radius 2 is 2.13 bits per heavy atom. The first kappa shape index (κ1) is 15.6. The number of rotatable bonds is 5. The van der Waals surface area contributed by atoms with Crippen LogP contribution >= 0.6 is 0 Å². The molecule has 23 heavy (non-hydrogen) atoms. The minimum absolute atomic E-state index is 0.0786. The van der Waals surface area contributed by atoms with Crippen LogP contribution in [0.3, 0.4) is 0 Å². The molecule has 1 N–H and O–H groups in total. The maximum atomic E-state index is 12.6. The molecule has 0 saturated heterocycles. The van der Waals surface area contributed by atoms with Crippen LogP contribution in [0.25, 0.3) is 0 Å². The lowest BCUT2D eigenvalue weighted by Gasteiger charge is -2.17. The van der Waals surface area contributed by atoms with E-state index in [1.165, 1.54) is 12.1 Å². The lowest BCUT2D eigenvalue weighted by molar-refractivity contribution is 0.510. The van der Waals surface area contributed by atoms with Gasteiger partial charge in [0.2, 0.25) is 10.0 Å². The molecule has 1 fully saturated rings. The number of hydrogen-bond donors (Lipinski definition) is 1. The fourth-order valence-electron chi connectivity index (χ4n) is 2.38. The van der Waals surface area contributed by atoms with Crippen molar-refractivity contribution in [2.24, 2.45) is 5.92 Å². The summed E-state index contributed by atoms with van der Waals surface area (Å²) in [5, 5.41) is 8.93. The predicted octanol–water partition coefficient (Wildman–Crippen LogP) is 2.09. The third kappa shape index (κ3) is 3.55.